The fourth-order valence-electron chi connectivity index (χ4n) is 9.74. The van der Waals surface area contributed by atoms with Crippen LogP contribution in [0.2, 0.25) is 0 Å². The highest BCUT2D eigenvalue weighted by Crippen LogP contribution is 2.46. The van der Waals surface area contributed by atoms with Crippen molar-refractivity contribution < 1.29 is 28.2 Å². The summed E-state index contributed by atoms with van der Waals surface area (Å²) in [7, 11) is 0. The largest absolute Gasteiger partial charge is 0.627 e. The van der Waals surface area contributed by atoms with Crippen molar-refractivity contribution >= 4 is 22.9 Å². The molecule has 0 amide bonds. The molecule has 0 bridgehead atoms. The van der Waals surface area contributed by atoms with Crippen molar-refractivity contribution in [2.75, 3.05) is 63.0 Å². The fraction of sp³-hybridized carbons (Fsp3) is 0.649. The van der Waals surface area contributed by atoms with Crippen molar-refractivity contribution in [3.8, 4) is 0 Å². The Morgan fingerprint density at radius 1 is 0.520 bits per heavy atom. The quantitative estimate of drug-likeness (QED) is 0.212. The Kier molecular flexibility index (Phi) is 9.12. The number of carbonyl (C=O) groups is 2. The average molecular weight is 692 g/mol. The predicted molar refractivity (Wildman–Crippen MR) is 190 cm³/mol. The molecule has 0 unspecified atom stereocenters. The number of fused-ring (bicyclic) bond motifs is 2. The van der Waals surface area contributed by atoms with Crippen LogP contribution < -0.4 is 10.6 Å². The average Bonchev–Trinajstić information content (AvgIpc) is 3.12. The third-order valence-electron chi connectivity index (χ3n) is 13.0. The minimum atomic E-state index is -1.59. The van der Waals surface area contributed by atoms with Crippen LogP contribution in [0.15, 0.2) is 30.6 Å². The molecule has 0 atom stereocenters. The number of carbonyl (C=O) groups excluding carboxylic acids is 2. The molecule has 4 saturated heterocycles. The van der Waals surface area contributed by atoms with E-state index in [0.29, 0.717) is 51.4 Å². The summed E-state index contributed by atoms with van der Waals surface area (Å²) in [6, 6.07) is 4.82. The Morgan fingerprint density at radius 3 is 1.18 bits per heavy atom. The maximum absolute atomic E-state index is 14.9. The van der Waals surface area contributed by atoms with Gasteiger partial charge in [0.15, 0.2) is 11.6 Å². The molecule has 0 spiro atoms. The predicted octanol–water partition coefficient (Wildman–Crippen LogP) is 6.02. The van der Waals surface area contributed by atoms with Gasteiger partial charge in [-0.3, -0.25) is 43.8 Å². The van der Waals surface area contributed by atoms with Gasteiger partial charge < -0.3 is 20.8 Å². The molecular weight excluding hydrogens is 638 g/mol. The second kappa shape index (κ2) is 12.9. The van der Waals surface area contributed by atoms with E-state index < -0.39 is 41.7 Å². The molecule has 4 aliphatic heterocycles. The molecular formula is C37H53N7O6. The maximum Gasteiger partial charge on any atom is 0.303 e. The molecule has 1 aromatic carbocycles. The number of hydroxylamine groups is 12. The van der Waals surface area contributed by atoms with Gasteiger partial charge in [0.25, 0.3) is 0 Å². The van der Waals surface area contributed by atoms with Crippen molar-refractivity contribution in [3.05, 3.63) is 73.7 Å². The van der Waals surface area contributed by atoms with Crippen LogP contribution in [0.1, 0.15) is 123 Å². The summed E-state index contributed by atoms with van der Waals surface area (Å²) in [6.45, 7) is 5.62. The lowest BCUT2D eigenvalue weighted by atomic mass is 9.82. The summed E-state index contributed by atoms with van der Waals surface area (Å²) >= 11 is 0. The molecule has 0 saturated carbocycles. The van der Waals surface area contributed by atoms with Crippen molar-refractivity contribution in [1.29, 1.82) is 0 Å². The number of quaternary nitrogens is 4. The van der Waals surface area contributed by atoms with E-state index in [9.17, 15) is 30.4 Å². The lowest BCUT2D eigenvalue weighted by Crippen LogP contribution is -2.79. The number of aromatic nitrogens is 1. The Morgan fingerprint density at radius 2 is 0.840 bits per heavy atom. The molecule has 272 valence electrons. The number of piperidine rings is 4. The molecule has 2 N–H and O–H groups in total. The number of pyridine rings is 1. The van der Waals surface area contributed by atoms with Crippen molar-refractivity contribution in [2.45, 2.75) is 102 Å². The number of benzene rings is 1. The second-order valence-corrected chi connectivity index (χ2v) is 15.9. The second-order valence-electron chi connectivity index (χ2n) is 15.9. The zero-order valence-corrected chi connectivity index (χ0v) is 29.7. The van der Waals surface area contributed by atoms with Gasteiger partial charge in [-0.05, 0) is 95.2 Å². The zero-order valence-electron chi connectivity index (χ0n) is 29.7. The third-order valence-corrected chi connectivity index (χ3v) is 13.0. The van der Waals surface area contributed by atoms with Crippen LogP contribution >= 0.6 is 0 Å². The summed E-state index contributed by atoms with van der Waals surface area (Å²) in [6.07, 6.45) is 12.1. The molecule has 0 radical (unpaired) electrons. The number of nitrogens with one attached hydrogen (secondary N) is 2. The van der Waals surface area contributed by atoms with Gasteiger partial charge in [-0.15, -0.1) is 0 Å². The van der Waals surface area contributed by atoms with Crippen molar-refractivity contribution in [3.63, 3.8) is 0 Å². The van der Waals surface area contributed by atoms with Gasteiger partial charge in [0.1, 0.15) is 0 Å². The summed E-state index contributed by atoms with van der Waals surface area (Å²) in [5.74, 6) is -4.08. The van der Waals surface area contributed by atoms with E-state index in [1.807, 2.05) is 0 Å². The van der Waals surface area contributed by atoms with Crippen LogP contribution in [0.25, 0.3) is 0 Å². The molecule has 13 nitrogen and oxygen atoms in total. The van der Waals surface area contributed by atoms with Gasteiger partial charge in [-0.1, -0.05) is 0 Å². The Balaban J connectivity index is 1.40. The summed E-state index contributed by atoms with van der Waals surface area (Å²) in [4.78, 5) is 33.3. The van der Waals surface area contributed by atoms with Crippen LogP contribution in [-0.4, -0.2) is 99.1 Å². The Hall–Kier alpha value is -3.01. The van der Waals surface area contributed by atoms with Gasteiger partial charge >= 0.3 is 11.6 Å². The molecule has 5 aliphatic rings. The van der Waals surface area contributed by atoms with Crippen LogP contribution in [0.5, 0.6) is 0 Å². The fourth-order valence-corrected chi connectivity index (χ4v) is 9.74. The number of ketones is 2. The van der Waals surface area contributed by atoms with Crippen molar-refractivity contribution in [1.82, 2.24) is 4.98 Å². The minimum absolute atomic E-state index is 0.0356. The van der Waals surface area contributed by atoms with Gasteiger partial charge in [-0.2, -0.15) is 0 Å². The number of nitrogens with zero attached hydrogens (tertiary/aromatic N) is 5. The third kappa shape index (κ3) is 5.40. The first-order valence-corrected chi connectivity index (χ1v) is 18.9. The molecule has 50 heavy (non-hydrogen) atoms. The van der Waals surface area contributed by atoms with E-state index >= 15 is 0 Å². The van der Waals surface area contributed by atoms with E-state index in [0.717, 1.165) is 25.7 Å². The highest BCUT2D eigenvalue weighted by molar-refractivity contribution is 6.31. The number of hydrogen-bond donors (Lipinski definition) is 2. The van der Waals surface area contributed by atoms with Crippen LogP contribution in [0.3, 0.4) is 0 Å². The Bertz CT molecular complexity index is 1460. The number of anilines is 2. The zero-order chi connectivity index (χ0) is 35.4. The van der Waals surface area contributed by atoms with E-state index in [1.54, 1.807) is 26.0 Å². The highest BCUT2D eigenvalue weighted by Gasteiger charge is 2.57. The van der Waals surface area contributed by atoms with Gasteiger partial charge in [0.05, 0.1) is 94.3 Å². The van der Waals surface area contributed by atoms with E-state index in [1.165, 1.54) is 18.5 Å². The molecule has 13 heteroatoms. The SMILES string of the molecule is CC(Nc1ccc(NC(C)([N+]2([O-])CCCCC2)[N+]2([O-])CCCCC2)c2c1C(=O)c1ccncc1C2=O)([N+]1([O-])CCCCC1)[N+]1([O-])CCCCC1. The first-order valence-electron chi connectivity index (χ1n) is 18.9. The van der Waals surface area contributed by atoms with Gasteiger partial charge in [0.2, 0.25) is 0 Å². The monoisotopic (exact) mass is 691 g/mol. The van der Waals surface area contributed by atoms with E-state index in [2.05, 4.69) is 15.6 Å². The van der Waals surface area contributed by atoms with Gasteiger partial charge in [-0.25, -0.2) is 0 Å². The smallest absolute Gasteiger partial charge is 0.303 e. The molecule has 7 rings (SSSR count). The van der Waals surface area contributed by atoms with Crippen LogP contribution in [0, 0.1) is 20.8 Å². The standard InChI is InChI=1S/C37H53N7O6/c1-36(41(47)19-7-3-8-20-41,42(48)21-9-4-10-22-42)39-30-15-16-31(33-32(30)34(45)28-17-18-38-27-29(28)35(33)46)40-37(2,43(49)23-11-5-12-24-43)44(50)25-13-6-14-26-44/h15-18,27,39-40H,3-14,19-26H2,1-2H3. The van der Waals surface area contributed by atoms with Gasteiger partial charge in [0, 0.05) is 18.0 Å². The molecule has 1 aromatic heterocycles. The summed E-state index contributed by atoms with van der Waals surface area (Å²) in [5.41, 5.74) is 0.867. The number of rotatable bonds is 8. The van der Waals surface area contributed by atoms with Crippen LogP contribution in [0.4, 0.5) is 11.4 Å². The number of likely N-dealkylation sites (tertiary alicyclic amines) is 4. The van der Waals surface area contributed by atoms with E-state index in [-0.39, 0.29) is 86.0 Å². The molecule has 5 heterocycles. The number of hydrogen-bond acceptors (Lipinski definition) is 9. The van der Waals surface area contributed by atoms with E-state index in [4.69, 9.17) is 0 Å². The molecule has 1 aliphatic carbocycles. The van der Waals surface area contributed by atoms with Crippen molar-refractivity contribution in [2.24, 2.45) is 0 Å². The Labute approximate surface area is 294 Å². The first kappa shape index (κ1) is 35.4. The molecule has 2 aromatic rings. The highest BCUT2D eigenvalue weighted by atomic mass is 16.6. The van der Waals surface area contributed by atoms with Crippen LogP contribution in [-0.2, 0) is 0 Å². The maximum atomic E-state index is 14.9. The minimum Gasteiger partial charge on any atom is -0.627 e. The first-order chi connectivity index (χ1) is 23.8. The lowest BCUT2D eigenvalue weighted by Gasteiger charge is -2.66. The normalized spacial score (nSPS) is 24.5. The topological polar surface area (TPSA) is 163 Å². The summed E-state index contributed by atoms with van der Waals surface area (Å²) < 4.78 is -2.96. The summed E-state index contributed by atoms with van der Waals surface area (Å²) in [5, 5.41) is 66.2. The lowest BCUT2D eigenvalue weighted by molar-refractivity contribution is -1.12. The molecule has 4 fully saturated rings.